The molecule has 6 heteroatoms. The maximum Gasteiger partial charge on any atom is 0.417 e. The van der Waals surface area contributed by atoms with Gasteiger partial charge in [0.2, 0.25) is 5.78 Å². The summed E-state index contributed by atoms with van der Waals surface area (Å²) in [5.41, 5.74) is -1.18. The molecule has 1 aromatic carbocycles. The first-order valence-electron chi connectivity index (χ1n) is 5.08. The minimum atomic E-state index is -4.55. The van der Waals surface area contributed by atoms with E-state index >= 15 is 0 Å². The van der Waals surface area contributed by atoms with E-state index in [1.54, 1.807) is 7.05 Å². The lowest BCUT2D eigenvalue weighted by atomic mass is 10.0. The molecule has 0 aliphatic carbocycles. The molecule has 0 saturated heterocycles. The molecule has 3 nitrogen and oxygen atoms in total. The van der Waals surface area contributed by atoms with Crippen LogP contribution in [0.1, 0.15) is 21.6 Å². The molecule has 2 aromatic rings. The van der Waals surface area contributed by atoms with E-state index in [0.29, 0.717) is 0 Å². The number of ketones is 1. The van der Waals surface area contributed by atoms with Crippen molar-refractivity contribution in [1.82, 2.24) is 9.55 Å². The Balaban J connectivity index is 2.53. The van der Waals surface area contributed by atoms with Crippen molar-refractivity contribution >= 4 is 5.78 Å². The number of nitrogens with zero attached hydrogens (tertiary/aromatic N) is 2. The summed E-state index contributed by atoms with van der Waals surface area (Å²) in [5.74, 6) is -0.692. The first-order chi connectivity index (χ1) is 8.41. The predicted octanol–water partition coefficient (Wildman–Crippen LogP) is 2.67. The second-order valence-corrected chi connectivity index (χ2v) is 3.76. The van der Waals surface area contributed by atoms with E-state index in [2.05, 4.69) is 4.98 Å². The number of rotatable bonds is 2. The molecule has 0 aliphatic heterocycles. The first kappa shape index (κ1) is 12.3. The second-order valence-electron chi connectivity index (χ2n) is 3.76. The van der Waals surface area contributed by atoms with Crippen molar-refractivity contribution in [3.63, 3.8) is 0 Å². The van der Waals surface area contributed by atoms with Gasteiger partial charge in [-0.1, -0.05) is 18.2 Å². The van der Waals surface area contributed by atoms with Crippen LogP contribution in [0, 0.1) is 0 Å². The lowest BCUT2D eigenvalue weighted by Gasteiger charge is -2.11. The normalized spacial score (nSPS) is 11.6. The Morgan fingerprint density at radius 2 is 1.94 bits per heavy atom. The highest BCUT2D eigenvalue weighted by Crippen LogP contribution is 2.32. The third kappa shape index (κ3) is 2.13. The molecule has 0 fully saturated rings. The lowest BCUT2D eigenvalue weighted by molar-refractivity contribution is -0.137. The zero-order valence-electron chi connectivity index (χ0n) is 9.40. The molecule has 94 valence electrons. The molecule has 2 rings (SSSR count). The first-order valence-corrected chi connectivity index (χ1v) is 5.08. The minimum Gasteiger partial charge on any atom is -0.331 e. The summed E-state index contributed by atoms with van der Waals surface area (Å²) < 4.78 is 39.7. The van der Waals surface area contributed by atoms with Crippen LogP contribution < -0.4 is 0 Å². The molecular formula is C12H9F3N2O. The molecule has 0 aliphatic rings. The van der Waals surface area contributed by atoms with Gasteiger partial charge in [0.15, 0.2) is 0 Å². The van der Waals surface area contributed by atoms with Crippen LogP contribution in [0.2, 0.25) is 0 Å². The van der Waals surface area contributed by atoms with Crippen molar-refractivity contribution in [3.8, 4) is 0 Å². The van der Waals surface area contributed by atoms with E-state index < -0.39 is 17.5 Å². The molecule has 0 radical (unpaired) electrons. The Hall–Kier alpha value is -2.11. The van der Waals surface area contributed by atoms with Gasteiger partial charge < -0.3 is 4.57 Å². The number of halogens is 3. The van der Waals surface area contributed by atoms with Gasteiger partial charge in [-0.15, -0.1) is 0 Å². The van der Waals surface area contributed by atoms with Crippen LogP contribution in [-0.4, -0.2) is 15.3 Å². The maximum absolute atomic E-state index is 12.8. The van der Waals surface area contributed by atoms with Crippen LogP contribution in [0.15, 0.2) is 36.8 Å². The van der Waals surface area contributed by atoms with E-state index in [4.69, 9.17) is 0 Å². The third-order valence-electron chi connectivity index (χ3n) is 2.53. The number of aromatic nitrogens is 2. The summed E-state index contributed by atoms with van der Waals surface area (Å²) in [7, 11) is 1.55. The molecule has 1 heterocycles. The molecule has 0 N–H and O–H groups in total. The summed E-state index contributed by atoms with van der Waals surface area (Å²) in [6.45, 7) is 0. The molecule has 0 bridgehead atoms. The van der Waals surface area contributed by atoms with E-state index in [1.165, 1.54) is 29.2 Å². The Kier molecular flexibility index (Phi) is 2.94. The fraction of sp³-hybridized carbons (Fsp3) is 0.167. The zero-order chi connectivity index (χ0) is 13.3. The standard InChI is InChI=1S/C12H9F3N2O/c1-17-7-16-6-10(17)11(18)8-4-2-3-5-9(8)12(13,14)15/h2-7H,1H3. The molecule has 0 saturated carbocycles. The fourth-order valence-electron chi connectivity index (χ4n) is 1.64. The van der Waals surface area contributed by atoms with Gasteiger partial charge >= 0.3 is 6.18 Å². The van der Waals surface area contributed by atoms with Gasteiger partial charge in [-0.25, -0.2) is 4.98 Å². The smallest absolute Gasteiger partial charge is 0.331 e. The fourth-order valence-corrected chi connectivity index (χ4v) is 1.64. The largest absolute Gasteiger partial charge is 0.417 e. The summed E-state index contributed by atoms with van der Waals surface area (Å²) in [6.07, 6.45) is -1.94. The number of benzene rings is 1. The van der Waals surface area contributed by atoms with Crippen molar-refractivity contribution in [2.75, 3.05) is 0 Å². The Labute approximate surface area is 101 Å². The summed E-state index contributed by atoms with van der Waals surface area (Å²) in [5, 5.41) is 0. The predicted molar refractivity (Wildman–Crippen MR) is 58.1 cm³/mol. The number of carbonyl (C=O) groups is 1. The molecule has 1 aromatic heterocycles. The average molecular weight is 254 g/mol. The molecule has 18 heavy (non-hydrogen) atoms. The zero-order valence-corrected chi connectivity index (χ0v) is 9.40. The number of aryl methyl sites for hydroxylation is 1. The number of hydrogen-bond acceptors (Lipinski definition) is 2. The van der Waals surface area contributed by atoms with Crippen molar-refractivity contribution in [2.45, 2.75) is 6.18 Å². The highest BCUT2D eigenvalue weighted by Gasteiger charge is 2.35. The van der Waals surface area contributed by atoms with E-state index in [0.717, 1.165) is 12.1 Å². The highest BCUT2D eigenvalue weighted by atomic mass is 19.4. The highest BCUT2D eigenvalue weighted by molar-refractivity contribution is 6.08. The summed E-state index contributed by atoms with van der Waals surface area (Å²) >= 11 is 0. The quantitative estimate of drug-likeness (QED) is 0.772. The van der Waals surface area contributed by atoms with Crippen LogP contribution in [0.4, 0.5) is 13.2 Å². The van der Waals surface area contributed by atoms with Gasteiger partial charge in [0.05, 0.1) is 18.1 Å². The Bertz CT molecular complexity index is 587. The monoisotopic (exact) mass is 254 g/mol. The van der Waals surface area contributed by atoms with Crippen LogP contribution in [0.25, 0.3) is 0 Å². The second kappa shape index (κ2) is 4.29. The van der Waals surface area contributed by atoms with Crippen LogP contribution in [-0.2, 0) is 13.2 Å². The number of alkyl halides is 3. The number of hydrogen-bond donors (Lipinski definition) is 0. The average Bonchev–Trinajstić information content (AvgIpc) is 2.73. The van der Waals surface area contributed by atoms with Crippen LogP contribution >= 0.6 is 0 Å². The summed E-state index contributed by atoms with van der Waals surface area (Å²) in [4.78, 5) is 15.8. The van der Waals surface area contributed by atoms with Gasteiger partial charge in [-0.3, -0.25) is 4.79 Å². The van der Waals surface area contributed by atoms with Crippen LogP contribution in [0.5, 0.6) is 0 Å². The third-order valence-corrected chi connectivity index (χ3v) is 2.53. The molecule has 0 spiro atoms. The Morgan fingerprint density at radius 3 is 2.50 bits per heavy atom. The Morgan fingerprint density at radius 1 is 1.28 bits per heavy atom. The van der Waals surface area contributed by atoms with Gasteiger partial charge in [0.1, 0.15) is 5.69 Å². The number of carbonyl (C=O) groups excluding carboxylic acids is 1. The topological polar surface area (TPSA) is 34.9 Å². The molecule has 0 unspecified atom stereocenters. The minimum absolute atomic E-state index is 0.117. The maximum atomic E-state index is 12.8. The van der Waals surface area contributed by atoms with Gasteiger partial charge in [-0.2, -0.15) is 13.2 Å². The lowest BCUT2D eigenvalue weighted by Crippen LogP contribution is -2.15. The SMILES string of the molecule is Cn1cncc1C(=O)c1ccccc1C(F)(F)F. The van der Waals surface area contributed by atoms with Gasteiger partial charge in [-0.05, 0) is 6.07 Å². The summed E-state index contributed by atoms with van der Waals surface area (Å²) in [6, 6.07) is 4.71. The van der Waals surface area contributed by atoms with Crippen molar-refractivity contribution in [2.24, 2.45) is 7.05 Å². The molecule has 0 amide bonds. The van der Waals surface area contributed by atoms with Crippen molar-refractivity contribution < 1.29 is 18.0 Å². The van der Waals surface area contributed by atoms with E-state index in [1.807, 2.05) is 0 Å². The van der Waals surface area contributed by atoms with Crippen molar-refractivity contribution in [3.05, 3.63) is 53.6 Å². The van der Waals surface area contributed by atoms with E-state index in [-0.39, 0.29) is 11.3 Å². The molecule has 0 atom stereocenters. The van der Waals surface area contributed by atoms with Crippen molar-refractivity contribution in [1.29, 1.82) is 0 Å². The van der Waals surface area contributed by atoms with E-state index in [9.17, 15) is 18.0 Å². The number of imidazole rings is 1. The van der Waals surface area contributed by atoms with Crippen LogP contribution in [0.3, 0.4) is 0 Å². The molecular weight excluding hydrogens is 245 g/mol. The van der Waals surface area contributed by atoms with Gasteiger partial charge in [0.25, 0.3) is 0 Å². The van der Waals surface area contributed by atoms with Gasteiger partial charge in [0, 0.05) is 12.6 Å².